The number of esters is 2. The number of hydrogen-bond donors (Lipinski definition) is 2. The highest BCUT2D eigenvalue weighted by atomic mass is 35.5. The molecule has 0 radical (unpaired) electrons. The zero-order valence-electron chi connectivity index (χ0n) is 36.4. The lowest BCUT2D eigenvalue weighted by Crippen LogP contribution is -2.13. The number of carbonyl (C=O) groups excluding carboxylic acids is 4. The summed E-state index contributed by atoms with van der Waals surface area (Å²) in [5, 5.41) is 10.4. The largest absolute Gasteiger partial charge is 0.489 e. The van der Waals surface area contributed by atoms with Gasteiger partial charge in [0, 0.05) is 22.5 Å². The van der Waals surface area contributed by atoms with Crippen molar-refractivity contribution in [2.24, 2.45) is 0 Å². The third kappa shape index (κ3) is 15.3. The maximum Gasteiger partial charge on any atom is 0.337 e. The molecule has 16 nitrogen and oxygen atoms in total. The van der Waals surface area contributed by atoms with Gasteiger partial charge in [0.05, 0.1) is 38.4 Å². The van der Waals surface area contributed by atoms with Gasteiger partial charge in [0.15, 0.2) is 0 Å². The minimum absolute atomic E-state index is 0.307. The second kappa shape index (κ2) is 24.4. The molecule has 0 spiro atoms. The molecule has 0 fully saturated rings. The second-order valence-electron chi connectivity index (χ2n) is 14.4. The van der Waals surface area contributed by atoms with E-state index in [2.05, 4.69) is 30.2 Å². The molecule has 1 amide bonds. The molecule has 0 aliphatic heterocycles. The number of hydrogen-bond acceptors (Lipinski definition) is 13. The lowest BCUT2D eigenvalue weighted by molar-refractivity contribution is 0.0592. The molecule has 0 aliphatic rings. The Kier molecular flexibility index (Phi) is 17.4. The molecule has 340 valence electrons. The molecule has 0 atom stereocenters. The van der Waals surface area contributed by atoms with Crippen molar-refractivity contribution in [3.05, 3.63) is 215 Å². The molecule has 67 heavy (non-hydrogen) atoms. The number of nitrogens with zero attached hydrogens (tertiary/aromatic N) is 6. The average Bonchev–Trinajstić information content (AvgIpc) is 4.08. The first-order valence-electron chi connectivity index (χ1n) is 20.4. The minimum atomic E-state index is -0.495. The summed E-state index contributed by atoms with van der Waals surface area (Å²) in [5.74, 6) is 0.176. The van der Waals surface area contributed by atoms with Crippen LogP contribution in [0.3, 0.4) is 0 Å². The standard InChI is InChI=1S/C25H22N4O4.C14H11ClO2.C11H12N4O2/c1-32-25(31)21-11-19(14-29-17-26-16-27-29)12-22(13-21)28-24(30)20-7-9-23(10-8-20)33-15-18-5-3-2-4-6-18;15-14(16)12-6-8-13(9-7-12)17-10-11-4-2-1-3-5-11;1-17-11(16)9-2-8(3-10(12)4-9)5-15-7-13-6-14-15/h2-13,16-17H,14-15H2,1H3,(H,28,30);1-9H,10H2;2-4,6-7H,5,12H2,1H3. The van der Waals surface area contributed by atoms with Crippen LogP contribution in [0.5, 0.6) is 11.5 Å². The molecule has 17 heteroatoms. The van der Waals surface area contributed by atoms with Crippen LogP contribution in [0.4, 0.5) is 11.4 Å². The van der Waals surface area contributed by atoms with Gasteiger partial charge in [0.2, 0.25) is 0 Å². The molecule has 3 N–H and O–H groups in total. The number of benzene rings is 6. The first-order valence-corrected chi connectivity index (χ1v) is 20.8. The van der Waals surface area contributed by atoms with Crippen molar-refractivity contribution >= 4 is 46.1 Å². The van der Waals surface area contributed by atoms with Crippen molar-refractivity contribution in [1.29, 1.82) is 0 Å². The van der Waals surface area contributed by atoms with Crippen LogP contribution >= 0.6 is 11.6 Å². The number of amides is 1. The van der Waals surface area contributed by atoms with Gasteiger partial charge < -0.3 is 30.0 Å². The van der Waals surface area contributed by atoms with Crippen LogP contribution in [0.1, 0.15) is 63.7 Å². The first-order chi connectivity index (χ1) is 32.5. The van der Waals surface area contributed by atoms with E-state index in [9.17, 15) is 19.2 Å². The van der Waals surface area contributed by atoms with Crippen molar-refractivity contribution in [2.45, 2.75) is 26.3 Å². The third-order valence-corrected chi connectivity index (χ3v) is 9.64. The molecule has 0 bridgehead atoms. The van der Waals surface area contributed by atoms with Crippen molar-refractivity contribution in [3.63, 3.8) is 0 Å². The lowest BCUT2D eigenvalue weighted by Gasteiger charge is -2.11. The van der Waals surface area contributed by atoms with Crippen molar-refractivity contribution in [3.8, 4) is 11.5 Å². The predicted molar refractivity (Wildman–Crippen MR) is 251 cm³/mol. The normalized spacial score (nSPS) is 10.3. The predicted octanol–water partition coefficient (Wildman–Crippen LogP) is 8.28. The number of anilines is 2. The van der Waals surface area contributed by atoms with Crippen molar-refractivity contribution in [2.75, 3.05) is 25.3 Å². The molecular formula is C50H45ClN8O8. The highest BCUT2D eigenvalue weighted by Crippen LogP contribution is 2.21. The number of carbonyl (C=O) groups is 4. The van der Waals surface area contributed by atoms with Crippen LogP contribution in [0.15, 0.2) is 171 Å². The zero-order chi connectivity index (χ0) is 47.4. The Morgan fingerprint density at radius 2 is 1.01 bits per heavy atom. The first kappa shape index (κ1) is 47.8. The van der Waals surface area contributed by atoms with Gasteiger partial charge in [0.1, 0.15) is 50.0 Å². The monoisotopic (exact) mass is 920 g/mol. The molecule has 0 unspecified atom stereocenters. The molecule has 0 saturated carbocycles. The average molecular weight is 921 g/mol. The van der Waals surface area contributed by atoms with Crippen LogP contribution in [-0.2, 0) is 35.8 Å². The highest BCUT2D eigenvalue weighted by Gasteiger charge is 2.13. The minimum Gasteiger partial charge on any atom is -0.489 e. The van der Waals surface area contributed by atoms with E-state index < -0.39 is 17.2 Å². The highest BCUT2D eigenvalue weighted by molar-refractivity contribution is 6.67. The molecule has 2 aromatic heterocycles. The number of methoxy groups -OCH3 is 2. The van der Waals surface area contributed by atoms with Gasteiger partial charge >= 0.3 is 11.9 Å². The summed E-state index contributed by atoms with van der Waals surface area (Å²) in [4.78, 5) is 54.9. The van der Waals surface area contributed by atoms with E-state index in [-0.39, 0.29) is 5.91 Å². The summed E-state index contributed by atoms with van der Waals surface area (Å²) in [7, 11) is 2.65. The molecule has 8 rings (SSSR count). The number of halogens is 1. The van der Waals surface area contributed by atoms with E-state index in [1.54, 1.807) is 107 Å². The van der Waals surface area contributed by atoms with Crippen LogP contribution in [0, 0.1) is 0 Å². The zero-order valence-corrected chi connectivity index (χ0v) is 37.2. The molecule has 0 aliphatic carbocycles. The summed E-state index contributed by atoms with van der Waals surface area (Å²) in [6.07, 6.45) is 6.05. The number of aromatic nitrogens is 6. The molecule has 6 aromatic carbocycles. The van der Waals surface area contributed by atoms with Crippen LogP contribution in [0.25, 0.3) is 0 Å². The van der Waals surface area contributed by atoms with E-state index in [0.29, 0.717) is 65.7 Å². The van der Waals surface area contributed by atoms with E-state index >= 15 is 0 Å². The van der Waals surface area contributed by atoms with E-state index in [4.69, 9.17) is 31.5 Å². The van der Waals surface area contributed by atoms with Crippen LogP contribution in [0.2, 0.25) is 0 Å². The fourth-order valence-electron chi connectivity index (χ4n) is 6.21. The third-order valence-electron chi connectivity index (χ3n) is 9.42. The fraction of sp³-hybridized carbons (Fsp3) is 0.120. The Labute approximate surface area is 390 Å². The van der Waals surface area contributed by atoms with Gasteiger partial charge in [-0.3, -0.25) is 9.59 Å². The Bertz CT molecular complexity index is 2830. The van der Waals surface area contributed by atoms with Crippen LogP contribution in [-0.4, -0.2) is 66.8 Å². The number of nitrogens with one attached hydrogen (secondary N) is 1. The maximum absolute atomic E-state index is 12.8. The topological polar surface area (TPSA) is 205 Å². The molecular weight excluding hydrogens is 876 g/mol. The quantitative estimate of drug-likeness (QED) is 0.0565. The molecule has 8 aromatic rings. The number of nitrogen functional groups attached to an aromatic ring is 1. The van der Waals surface area contributed by atoms with Crippen LogP contribution < -0.4 is 20.5 Å². The van der Waals surface area contributed by atoms with Gasteiger partial charge in [-0.05, 0) is 119 Å². The van der Waals surface area contributed by atoms with Crippen molar-refractivity contribution < 1.29 is 38.1 Å². The Morgan fingerprint density at radius 1 is 0.552 bits per heavy atom. The number of ether oxygens (including phenoxy) is 4. The number of rotatable bonds is 15. The van der Waals surface area contributed by atoms with Gasteiger partial charge in [-0.15, -0.1) is 0 Å². The van der Waals surface area contributed by atoms with Gasteiger partial charge in [0.25, 0.3) is 11.1 Å². The lowest BCUT2D eigenvalue weighted by atomic mass is 10.1. The summed E-state index contributed by atoms with van der Waals surface area (Å²) in [5.41, 5.74) is 12.2. The van der Waals surface area contributed by atoms with E-state index in [0.717, 1.165) is 28.0 Å². The van der Waals surface area contributed by atoms with E-state index in [1.165, 1.54) is 26.9 Å². The SMILES string of the molecule is COC(=O)c1cc(Cn2cncn2)cc(NC(=O)c2ccc(OCc3ccccc3)cc2)c1.COC(=O)c1cc(N)cc(Cn2cncn2)c1.O=C(Cl)c1ccc(OCc2ccccc2)cc1. The summed E-state index contributed by atoms with van der Waals surface area (Å²) in [6.45, 7) is 1.85. The smallest absolute Gasteiger partial charge is 0.337 e. The molecule has 2 heterocycles. The maximum atomic E-state index is 12.8. The van der Waals surface area contributed by atoms with Gasteiger partial charge in [-0.1, -0.05) is 60.7 Å². The summed E-state index contributed by atoms with van der Waals surface area (Å²) < 4.78 is 24.1. The van der Waals surface area contributed by atoms with E-state index in [1.807, 2.05) is 60.7 Å². The molecule has 0 saturated heterocycles. The van der Waals surface area contributed by atoms with Gasteiger partial charge in [-0.2, -0.15) is 10.2 Å². The Morgan fingerprint density at radius 3 is 1.46 bits per heavy atom. The number of nitrogens with two attached hydrogens (primary N) is 1. The fourth-order valence-corrected chi connectivity index (χ4v) is 6.34. The second-order valence-corrected chi connectivity index (χ2v) is 14.7. The van der Waals surface area contributed by atoms with Gasteiger partial charge in [-0.25, -0.2) is 28.9 Å². The Hall–Kier alpha value is -8.63. The van der Waals surface area contributed by atoms with Crippen molar-refractivity contribution in [1.82, 2.24) is 29.5 Å². The summed E-state index contributed by atoms with van der Waals surface area (Å²) >= 11 is 5.35. The summed E-state index contributed by atoms with van der Waals surface area (Å²) in [6, 6.07) is 43.5. The Balaban J connectivity index is 0.000000183.